The van der Waals surface area contributed by atoms with Gasteiger partial charge in [-0.1, -0.05) is 29.8 Å². The molecule has 160 valence electrons. The molecule has 0 spiro atoms. The second-order valence-electron chi connectivity index (χ2n) is 7.65. The first-order valence-corrected chi connectivity index (χ1v) is 10.9. The largest absolute Gasteiger partial charge is 0.481 e. The van der Waals surface area contributed by atoms with Gasteiger partial charge in [-0.05, 0) is 66.4 Å². The topological polar surface area (TPSA) is 98.1 Å². The fraction of sp³-hybridized carbons (Fsp3) is 0.391. The monoisotopic (exact) mass is 429 g/mol. The van der Waals surface area contributed by atoms with Gasteiger partial charge in [0.1, 0.15) is 0 Å². The lowest BCUT2D eigenvalue weighted by atomic mass is 9.88. The number of carboxylic acid groups (broad SMARTS) is 2. The molecule has 30 heavy (non-hydrogen) atoms. The highest BCUT2D eigenvalue weighted by molar-refractivity contribution is 7.10. The van der Waals surface area contributed by atoms with Crippen LogP contribution >= 0.6 is 11.3 Å². The third-order valence-corrected chi connectivity index (χ3v) is 6.50. The highest BCUT2D eigenvalue weighted by atomic mass is 32.1. The average molecular weight is 430 g/mol. The van der Waals surface area contributed by atoms with Crippen molar-refractivity contribution in [3.05, 3.63) is 62.9 Å². The smallest absolute Gasteiger partial charge is 0.333 e. The summed E-state index contributed by atoms with van der Waals surface area (Å²) >= 11 is 1.93. The van der Waals surface area contributed by atoms with E-state index in [9.17, 15) is 9.59 Å². The number of hydrogen-bond acceptors (Lipinski definition) is 5. The first-order valence-electron chi connectivity index (χ1n) is 10.0. The standard InChI is InChI=1S/C19H21NS.C4H6O5/c1-20-11-8-15(9-12-20)19-16-5-3-2-4-14(16)6-7-18-17(19)10-13-21-18;5-2(4(8)9)1-3(6)7/h2-5,10,13H,6-9,11-12H2,1H3;2,5H,1H2,(H,6,7)(H,8,9). The van der Waals surface area contributed by atoms with Crippen LogP contribution < -0.4 is 0 Å². The molecule has 2 aromatic rings. The quantitative estimate of drug-likeness (QED) is 0.693. The second kappa shape index (κ2) is 10.0. The van der Waals surface area contributed by atoms with Gasteiger partial charge in [0, 0.05) is 18.0 Å². The number of carbonyl (C=O) groups is 2. The third kappa shape index (κ3) is 5.36. The lowest BCUT2D eigenvalue weighted by molar-refractivity contribution is -0.152. The summed E-state index contributed by atoms with van der Waals surface area (Å²) in [5.74, 6) is -2.85. The van der Waals surface area contributed by atoms with Gasteiger partial charge in [0.05, 0.1) is 6.42 Å². The molecule has 0 amide bonds. The van der Waals surface area contributed by atoms with Crippen molar-refractivity contribution in [2.75, 3.05) is 20.1 Å². The van der Waals surface area contributed by atoms with Gasteiger partial charge in [-0.15, -0.1) is 11.3 Å². The minimum atomic E-state index is -1.79. The molecule has 1 aromatic heterocycles. The zero-order valence-corrected chi connectivity index (χ0v) is 17.8. The van der Waals surface area contributed by atoms with Crippen molar-refractivity contribution in [3.8, 4) is 0 Å². The molecule has 1 aliphatic heterocycles. The van der Waals surface area contributed by atoms with E-state index in [1.165, 1.54) is 55.5 Å². The van der Waals surface area contributed by atoms with Crippen LogP contribution in [0.2, 0.25) is 0 Å². The van der Waals surface area contributed by atoms with E-state index in [-0.39, 0.29) is 0 Å². The van der Waals surface area contributed by atoms with Crippen molar-refractivity contribution >= 4 is 28.8 Å². The Labute approximate surface area is 180 Å². The molecular weight excluding hydrogens is 402 g/mol. The van der Waals surface area contributed by atoms with Crippen LogP contribution in [-0.4, -0.2) is 58.4 Å². The van der Waals surface area contributed by atoms with Gasteiger partial charge in [-0.2, -0.15) is 0 Å². The van der Waals surface area contributed by atoms with E-state index < -0.39 is 24.5 Å². The summed E-state index contributed by atoms with van der Waals surface area (Å²) in [6, 6.07) is 11.4. The predicted octanol–water partition coefficient (Wildman–Crippen LogP) is 3.28. The fourth-order valence-electron chi connectivity index (χ4n) is 3.90. The summed E-state index contributed by atoms with van der Waals surface area (Å²) in [4.78, 5) is 23.4. The number of carboxylic acids is 2. The van der Waals surface area contributed by atoms with E-state index in [2.05, 4.69) is 47.7 Å². The van der Waals surface area contributed by atoms with Crippen LogP contribution in [0.3, 0.4) is 0 Å². The second-order valence-corrected chi connectivity index (χ2v) is 8.65. The number of benzene rings is 1. The molecule has 4 rings (SSSR count). The van der Waals surface area contributed by atoms with Gasteiger partial charge in [-0.25, -0.2) is 4.79 Å². The Bertz CT molecular complexity index is 939. The van der Waals surface area contributed by atoms with E-state index in [4.69, 9.17) is 15.3 Å². The van der Waals surface area contributed by atoms with Crippen LogP contribution in [0.25, 0.3) is 5.57 Å². The maximum Gasteiger partial charge on any atom is 0.333 e. The van der Waals surface area contributed by atoms with Crippen LogP contribution in [0.5, 0.6) is 0 Å². The number of piperidine rings is 1. The molecule has 0 saturated carbocycles. The molecule has 3 N–H and O–H groups in total. The van der Waals surface area contributed by atoms with E-state index in [1.54, 1.807) is 16.0 Å². The zero-order chi connectivity index (χ0) is 21.7. The van der Waals surface area contributed by atoms with Crippen LogP contribution in [-0.2, 0) is 22.4 Å². The molecular formula is C23H27NO5S. The molecule has 1 aliphatic carbocycles. The molecule has 0 radical (unpaired) electrons. The maximum atomic E-state index is 9.72. The lowest BCUT2D eigenvalue weighted by Gasteiger charge is -2.27. The Morgan fingerprint density at radius 1 is 1.03 bits per heavy atom. The number of aliphatic hydroxyl groups excluding tert-OH is 1. The van der Waals surface area contributed by atoms with Gasteiger partial charge in [-0.3, -0.25) is 4.79 Å². The Morgan fingerprint density at radius 3 is 2.37 bits per heavy atom. The summed E-state index contributed by atoms with van der Waals surface area (Å²) in [7, 11) is 2.23. The molecule has 0 bridgehead atoms. The van der Waals surface area contributed by atoms with Crippen molar-refractivity contribution in [2.45, 2.75) is 38.2 Å². The molecule has 1 fully saturated rings. The summed E-state index contributed by atoms with van der Waals surface area (Å²) in [5, 5.41) is 26.4. The highest BCUT2D eigenvalue weighted by Crippen LogP contribution is 2.40. The van der Waals surface area contributed by atoms with Gasteiger partial charge >= 0.3 is 11.9 Å². The zero-order valence-electron chi connectivity index (χ0n) is 17.0. The molecule has 2 heterocycles. The fourth-order valence-corrected chi connectivity index (χ4v) is 4.79. The summed E-state index contributed by atoms with van der Waals surface area (Å²) in [6.45, 7) is 2.39. The van der Waals surface area contributed by atoms with Crippen LogP contribution in [0.15, 0.2) is 41.3 Å². The molecule has 1 saturated heterocycles. The van der Waals surface area contributed by atoms with Crippen LogP contribution in [0.4, 0.5) is 0 Å². The third-order valence-electron chi connectivity index (χ3n) is 5.52. The summed E-state index contributed by atoms with van der Waals surface area (Å²) < 4.78 is 0. The average Bonchev–Trinajstić information content (AvgIpc) is 3.11. The van der Waals surface area contributed by atoms with Gasteiger partial charge < -0.3 is 20.2 Å². The first kappa shape index (κ1) is 22.2. The molecule has 1 aromatic carbocycles. The number of thiophene rings is 1. The van der Waals surface area contributed by atoms with Crippen LogP contribution in [0, 0.1) is 0 Å². The molecule has 1 unspecified atom stereocenters. The first-order chi connectivity index (χ1) is 14.4. The van der Waals surface area contributed by atoms with Crippen LogP contribution in [0.1, 0.15) is 40.8 Å². The Hall–Kier alpha value is -2.48. The Morgan fingerprint density at radius 2 is 1.73 bits per heavy atom. The molecule has 7 heteroatoms. The molecule has 2 aliphatic rings. The van der Waals surface area contributed by atoms with Gasteiger partial charge in [0.2, 0.25) is 0 Å². The molecule has 1 atom stereocenters. The maximum absolute atomic E-state index is 9.72. The number of rotatable bonds is 3. The summed E-state index contributed by atoms with van der Waals surface area (Å²) in [5.41, 5.74) is 7.77. The number of nitrogens with zero attached hydrogens (tertiary/aromatic N) is 1. The lowest BCUT2D eigenvalue weighted by Crippen LogP contribution is -2.27. The van der Waals surface area contributed by atoms with Crippen molar-refractivity contribution in [1.29, 1.82) is 0 Å². The minimum Gasteiger partial charge on any atom is -0.481 e. The SMILES string of the molecule is CN1CCC(=C2c3ccccc3CCc3sccc32)CC1.O=C(O)CC(O)C(=O)O. The van der Waals surface area contributed by atoms with Crippen molar-refractivity contribution in [2.24, 2.45) is 0 Å². The predicted molar refractivity (Wildman–Crippen MR) is 117 cm³/mol. The minimum absolute atomic E-state index is 0.755. The van der Waals surface area contributed by atoms with E-state index >= 15 is 0 Å². The number of hydrogen-bond donors (Lipinski definition) is 3. The van der Waals surface area contributed by atoms with E-state index in [1.807, 2.05) is 11.3 Å². The van der Waals surface area contributed by atoms with E-state index in [0.717, 1.165) is 0 Å². The Kier molecular flexibility index (Phi) is 7.42. The summed E-state index contributed by atoms with van der Waals surface area (Å²) in [6.07, 6.45) is 2.27. The molecule has 6 nitrogen and oxygen atoms in total. The van der Waals surface area contributed by atoms with Gasteiger partial charge in [0.15, 0.2) is 6.10 Å². The number of likely N-dealkylation sites (tertiary alicyclic amines) is 1. The van der Waals surface area contributed by atoms with E-state index in [0.29, 0.717) is 0 Å². The highest BCUT2D eigenvalue weighted by Gasteiger charge is 2.23. The number of aliphatic hydroxyl groups is 1. The Balaban J connectivity index is 0.000000244. The number of aryl methyl sites for hydroxylation is 2. The van der Waals surface area contributed by atoms with Crippen molar-refractivity contribution in [3.63, 3.8) is 0 Å². The number of fused-ring (bicyclic) bond motifs is 2. The van der Waals surface area contributed by atoms with Crippen molar-refractivity contribution in [1.82, 2.24) is 4.90 Å². The normalized spacial score (nSPS) is 17.1. The number of aliphatic carboxylic acids is 2. The van der Waals surface area contributed by atoms with Gasteiger partial charge in [0.25, 0.3) is 0 Å². The van der Waals surface area contributed by atoms with Crippen molar-refractivity contribution < 1.29 is 24.9 Å².